The first-order valence-electron chi connectivity index (χ1n) is 8.32. The van der Waals surface area contributed by atoms with Gasteiger partial charge in [-0.3, -0.25) is 14.6 Å². The quantitative estimate of drug-likeness (QED) is 0.845. The maximum Gasteiger partial charge on any atom is 0.257 e. The summed E-state index contributed by atoms with van der Waals surface area (Å²) >= 11 is 12.4. The highest BCUT2D eigenvalue weighted by molar-refractivity contribution is 6.36. The molecule has 27 heavy (non-hydrogen) atoms. The van der Waals surface area contributed by atoms with Gasteiger partial charge >= 0.3 is 0 Å². The summed E-state index contributed by atoms with van der Waals surface area (Å²) in [5.74, 6) is -0.482. The number of aryl methyl sites for hydroxylation is 1. The Kier molecular flexibility index (Phi) is 5.42. The van der Waals surface area contributed by atoms with Crippen molar-refractivity contribution >= 4 is 35.0 Å². The van der Waals surface area contributed by atoms with Crippen LogP contribution in [0.5, 0.6) is 0 Å². The Labute approximate surface area is 167 Å². The van der Waals surface area contributed by atoms with Crippen molar-refractivity contribution in [2.45, 2.75) is 20.1 Å². The molecule has 2 amide bonds. The smallest absolute Gasteiger partial charge is 0.257 e. The molecule has 2 heterocycles. The van der Waals surface area contributed by atoms with E-state index in [1.165, 1.54) is 9.80 Å². The molecule has 0 unspecified atom stereocenters. The summed E-state index contributed by atoms with van der Waals surface area (Å²) < 4.78 is 0. The van der Waals surface area contributed by atoms with Crippen LogP contribution in [-0.2, 0) is 17.9 Å². The molecule has 0 saturated carbocycles. The number of benzene rings is 1. The van der Waals surface area contributed by atoms with E-state index in [1.54, 1.807) is 39.2 Å². The van der Waals surface area contributed by atoms with Gasteiger partial charge in [0, 0.05) is 46.5 Å². The number of halogens is 2. The van der Waals surface area contributed by atoms with Gasteiger partial charge in [-0.25, -0.2) is 0 Å². The van der Waals surface area contributed by atoms with Crippen LogP contribution in [0.15, 0.2) is 18.2 Å². The van der Waals surface area contributed by atoms with Crippen LogP contribution < -0.4 is 0 Å². The van der Waals surface area contributed by atoms with E-state index in [0.717, 1.165) is 0 Å². The Bertz CT molecular complexity index is 944. The van der Waals surface area contributed by atoms with E-state index < -0.39 is 0 Å². The number of hydrogen-bond donors (Lipinski definition) is 1. The van der Waals surface area contributed by atoms with Crippen LogP contribution >= 0.6 is 23.2 Å². The molecule has 0 saturated heterocycles. The van der Waals surface area contributed by atoms with Crippen LogP contribution in [0.4, 0.5) is 0 Å². The van der Waals surface area contributed by atoms with Gasteiger partial charge < -0.3 is 14.9 Å². The highest BCUT2D eigenvalue weighted by Crippen LogP contribution is 2.39. The van der Waals surface area contributed by atoms with Gasteiger partial charge in [0.25, 0.3) is 5.91 Å². The minimum atomic E-state index is -0.302. The summed E-state index contributed by atoms with van der Waals surface area (Å²) in [5.41, 5.74) is 3.24. The Hall–Kier alpha value is -2.15. The highest BCUT2D eigenvalue weighted by Gasteiger charge is 2.35. The van der Waals surface area contributed by atoms with Gasteiger partial charge in [-0.05, 0) is 19.1 Å². The molecule has 0 aliphatic carbocycles. The number of carbonyl (C=O) groups is 2. The number of rotatable bonds is 4. The van der Waals surface area contributed by atoms with E-state index in [4.69, 9.17) is 23.2 Å². The lowest BCUT2D eigenvalue weighted by molar-refractivity contribution is -0.129. The molecule has 1 aromatic heterocycles. The molecule has 1 N–H and O–H groups in total. The number of fused-ring (bicyclic) bond motifs is 1. The standard InChI is InChI=1S/C19H19Cl2N3O3/c1-10-13(9-25)17(12-5-4-11(20)6-14(12)21)18-15(22-10)7-24(19(18)27)8-16(26)23(2)3/h4-6,25H,7-9H2,1-3H3. The first-order valence-corrected chi connectivity index (χ1v) is 9.08. The van der Waals surface area contributed by atoms with E-state index >= 15 is 0 Å². The third-order valence-electron chi connectivity index (χ3n) is 4.60. The zero-order valence-corrected chi connectivity index (χ0v) is 16.7. The summed E-state index contributed by atoms with van der Waals surface area (Å²) in [6, 6.07) is 4.99. The molecule has 1 aliphatic rings. The van der Waals surface area contributed by atoms with Crippen molar-refractivity contribution in [1.29, 1.82) is 0 Å². The second-order valence-electron chi connectivity index (χ2n) is 6.60. The molecular weight excluding hydrogens is 389 g/mol. The van der Waals surface area contributed by atoms with Gasteiger partial charge in [0.05, 0.1) is 24.4 Å². The fourth-order valence-corrected chi connectivity index (χ4v) is 3.68. The maximum atomic E-state index is 13.1. The number of hydrogen-bond acceptors (Lipinski definition) is 4. The molecule has 1 aromatic carbocycles. The van der Waals surface area contributed by atoms with Crippen LogP contribution in [-0.4, -0.2) is 52.3 Å². The van der Waals surface area contributed by atoms with E-state index in [9.17, 15) is 14.7 Å². The van der Waals surface area contributed by atoms with Crippen molar-refractivity contribution in [2.75, 3.05) is 20.6 Å². The van der Waals surface area contributed by atoms with Crippen molar-refractivity contribution in [3.8, 4) is 11.1 Å². The normalized spacial score (nSPS) is 13.1. The third kappa shape index (κ3) is 3.52. The molecule has 8 heteroatoms. The Balaban J connectivity index is 2.17. The molecule has 0 fully saturated rings. The van der Waals surface area contributed by atoms with Crippen molar-refractivity contribution in [1.82, 2.24) is 14.8 Å². The average molecular weight is 408 g/mol. The van der Waals surface area contributed by atoms with Gasteiger partial charge in [-0.15, -0.1) is 0 Å². The first kappa shape index (κ1) is 19.6. The van der Waals surface area contributed by atoms with Crippen molar-refractivity contribution in [2.24, 2.45) is 0 Å². The lowest BCUT2D eigenvalue weighted by atomic mass is 9.93. The van der Waals surface area contributed by atoms with Gasteiger partial charge in [0.15, 0.2) is 0 Å². The fourth-order valence-electron chi connectivity index (χ4n) is 3.17. The molecule has 142 valence electrons. The second kappa shape index (κ2) is 7.46. The third-order valence-corrected chi connectivity index (χ3v) is 5.15. The van der Waals surface area contributed by atoms with Crippen LogP contribution in [0.2, 0.25) is 10.0 Å². The number of nitrogens with zero attached hydrogens (tertiary/aromatic N) is 3. The number of aliphatic hydroxyl groups excluding tert-OH is 1. The highest BCUT2D eigenvalue weighted by atomic mass is 35.5. The minimum Gasteiger partial charge on any atom is -0.392 e. The maximum absolute atomic E-state index is 13.1. The molecular formula is C19H19Cl2N3O3. The number of pyridine rings is 1. The number of amides is 2. The van der Waals surface area contributed by atoms with Crippen molar-refractivity contribution in [3.05, 3.63) is 50.8 Å². The van der Waals surface area contributed by atoms with Gasteiger partial charge in [-0.1, -0.05) is 29.3 Å². The number of likely N-dealkylation sites (N-methyl/N-ethyl adjacent to an activating group) is 1. The minimum absolute atomic E-state index is 0.0382. The Morgan fingerprint density at radius 1 is 1.30 bits per heavy atom. The fraction of sp³-hybridized carbons (Fsp3) is 0.316. The summed E-state index contributed by atoms with van der Waals surface area (Å²) in [7, 11) is 3.28. The molecule has 0 radical (unpaired) electrons. The van der Waals surface area contributed by atoms with Crippen LogP contribution in [0.3, 0.4) is 0 Å². The summed E-state index contributed by atoms with van der Waals surface area (Å²) in [6.45, 7) is 1.68. The van der Waals surface area contributed by atoms with Crippen molar-refractivity contribution < 1.29 is 14.7 Å². The lowest BCUT2D eigenvalue weighted by Gasteiger charge is -2.18. The Morgan fingerprint density at radius 3 is 2.59 bits per heavy atom. The van der Waals surface area contributed by atoms with E-state index in [2.05, 4.69) is 4.98 Å². The van der Waals surface area contributed by atoms with Crippen LogP contribution in [0.1, 0.15) is 27.3 Å². The summed E-state index contributed by atoms with van der Waals surface area (Å²) in [4.78, 5) is 32.5. The van der Waals surface area contributed by atoms with E-state index in [-0.39, 0.29) is 31.5 Å². The molecule has 2 aromatic rings. The monoisotopic (exact) mass is 407 g/mol. The van der Waals surface area contributed by atoms with Gasteiger partial charge in [-0.2, -0.15) is 0 Å². The lowest BCUT2D eigenvalue weighted by Crippen LogP contribution is -2.36. The van der Waals surface area contributed by atoms with E-state index in [1.807, 2.05) is 0 Å². The average Bonchev–Trinajstić information content (AvgIpc) is 2.89. The van der Waals surface area contributed by atoms with Crippen LogP contribution in [0.25, 0.3) is 11.1 Å². The zero-order valence-electron chi connectivity index (χ0n) is 15.2. The van der Waals surface area contributed by atoms with Crippen LogP contribution in [0, 0.1) is 6.92 Å². The zero-order chi connectivity index (χ0) is 19.9. The first-order chi connectivity index (χ1) is 12.7. The summed E-state index contributed by atoms with van der Waals surface area (Å²) in [6.07, 6.45) is 0. The largest absolute Gasteiger partial charge is 0.392 e. The number of aromatic nitrogens is 1. The predicted molar refractivity (Wildman–Crippen MR) is 104 cm³/mol. The number of aliphatic hydroxyl groups is 1. The molecule has 0 bridgehead atoms. The van der Waals surface area contributed by atoms with Gasteiger partial charge in [0.2, 0.25) is 5.91 Å². The predicted octanol–water partition coefficient (Wildman–Crippen LogP) is 2.90. The SMILES string of the molecule is Cc1nc2c(c(-c3ccc(Cl)cc3Cl)c1CO)C(=O)N(CC(=O)N(C)C)C2. The molecule has 6 nitrogen and oxygen atoms in total. The van der Waals surface area contributed by atoms with Crippen molar-refractivity contribution in [3.63, 3.8) is 0 Å². The van der Waals surface area contributed by atoms with E-state index in [0.29, 0.717) is 43.7 Å². The molecule has 1 aliphatic heterocycles. The molecule has 0 atom stereocenters. The number of carbonyl (C=O) groups excluding carboxylic acids is 2. The van der Waals surface area contributed by atoms with Gasteiger partial charge in [0.1, 0.15) is 6.54 Å². The second-order valence-corrected chi connectivity index (χ2v) is 7.45. The topological polar surface area (TPSA) is 73.7 Å². The molecule has 0 spiro atoms. The summed E-state index contributed by atoms with van der Waals surface area (Å²) in [5, 5.41) is 10.8. The molecule has 3 rings (SSSR count). The Morgan fingerprint density at radius 2 is 2.00 bits per heavy atom.